The van der Waals surface area contributed by atoms with Crippen molar-refractivity contribution in [3.63, 3.8) is 0 Å². The molecule has 1 N–H and O–H groups in total. The van der Waals surface area contributed by atoms with E-state index in [2.05, 4.69) is 5.32 Å². The Balaban J connectivity index is 1.55. The molecule has 0 unspecified atom stereocenters. The minimum Gasteiger partial charge on any atom is -0.352 e. The Kier molecular flexibility index (Phi) is 9.46. The Hall–Kier alpha value is -4.17. The molecule has 1 aliphatic rings. The van der Waals surface area contributed by atoms with E-state index in [9.17, 15) is 18.0 Å². The maximum absolute atomic E-state index is 14.4. The van der Waals surface area contributed by atoms with E-state index in [4.69, 9.17) is 0 Å². The molecule has 0 radical (unpaired) electrons. The monoisotopic (exact) mass is 597 g/mol. The van der Waals surface area contributed by atoms with Crippen LogP contribution >= 0.6 is 0 Å². The van der Waals surface area contributed by atoms with Gasteiger partial charge in [0, 0.05) is 24.4 Å². The molecule has 2 amide bonds. The number of anilines is 1. The number of carbonyl (C=O) groups is 2. The molecule has 0 heterocycles. The molecule has 43 heavy (non-hydrogen) atoms. The van der Waals surface area contributed by atoms with Gasteiger partial charge in [0.1, 0.15) is 12.6 Å². The van der Waals surface area contributed by atoms with Gasteiger partial charge in [0.15, 0.2) is 0 Å². The predicted octanol–water partition coefficient (Wildman–Crippen LogP) is 5.61. The lowest BCUT2D eigenvalue weighted by Crippen LogP contribution is -2.54. The van der Waals surface area contributed by atoms with E-state index in [0.29, 0.717) is 12.1 Å². The van der Waals surface area contributed by atoms with Gasteiger partial charge in [-0.3, -0.25) is 13.9 Å². The number of hydrogen-bond donors (Lipinski definition) is 1. The van der Waals surface area contributed by atoms with Crippen molar-refractivity contribution in [2.75, 3.05) is 17.1 Å². The first-order chi connectivity index (χ1) is 20.7. The van der Waals surface area contributed by atoms with Crippen molar-refractivity contribution < 1.29 is 18.0 Å². The van der Waals surface area contributed by atoms with Crippen LogP contribution in [-0.2, 0) is 32.6 Å². The molecule has 224 valence electrons. The first-order valence-electron chi connectivity index (χ1n) is 14.8. The number of benzene rings is 4. The largest absolute Gasteiger partial charge is 0.352 e. The van der Waals surface area contributed by atoms with Gasteiger partial charge in [-0.1, -0.05) is 109 Å². The molecule has 4 aromatic carbocycles. The van der Waals surface area contributed by atoms with E-state index in [1.807, 2.05) is 91.9 Å². The van der Waals surface area contributed by atoms with Crippen LogP contribution in [0.1, 0.15) is 42.4 Å². The zero-order valence-corrected chi connectivity index (χ0v) is 25.6. The summed E-state index contributed by atoms with van der Waals surface area (Å²) in [5.41, 5.74) is 3.26. The summed E-state index contributed by atoms with van der Waals surface area (Å²) in [6.07, 6.45) is 5.38. The fourth-order valence-electron chi connectivity index (χ4n) is 5.95. The standard InChI is InChI=1S/C35H39N3O4S/c1-26-12-10-15-28(22-26)24-37(33(23-27-13-4-3-5-14-27)35(40)36-30-18-7-8-19-30)34(39)25-38(43(2,41)42)32-21-11-17-29-16-6-9-20-31(29)32/h3-6,9-17,20-22,30,33H,7-8,18-19,23-25H2,1-2H3,(H,36,40)/t33-/m0/s1. The molecule has 0 bridgehead atoms. The summed E-state index contributed by atoms with van der Waals surface area (Å²) in [6, 6.07) is 29.7. The highest BCUT2D eigenvalue weighted by molar-refractivity contribution is 7.92. The SMILES string of the molecule is Cc1cccc(CN(C(=O)CN(c2cccc3ccccc23)S(C)(=O)=O)[C@@H](Cc2ccccc2)C(=O)NC2CCCC2)c1. The lowest BCUT2D eigenvalue weighted by Gasteiger charge is -2.34. The topological polar surface area (TPSA) is 86.8 Å². The van der Waals surface area contributed by atoms with Gasteiger partial charge in [-0.2, -0.15) is 0 Å². The van der Waals surface area contributed by atoms with Gasteiger partial charge in [-0.15, -0.1) is 0 Å². The molecule has 1 aliphatic carbocycles. The number of aryl methyl sites for hydroxylation is 1. The third-order valence-corrected chi connectivity index (χ3v) is 9.25. The Bertz CT molecular complexity index is 1680. The highest BCUT2D eigenvalue weighted by atomic mass is 32.2. The predicted molar refractivity (Wildman–Crippen MR) is 172 cm³/mol. The number of nitrogens with zero attached hydrogens (tertiary/aromatic N) is 2. The average Bonchev–Trinajstić information content (AvgIpc) is 3.50. The Labute approximate surface area is 254 Å². The molecule has 0 saturated heterocycles. The Morgan fingerprint density at radius 3 is 2.23 bits per heavy atom. The van der Waals surface area contributed by atoms with Crippen molar-refractivity contribution in [1.29, 1.82) is 0 Å². The molecule has 1 fully saturated rings. The van der Waals surface area contributed by atoms with Gasteiger partial charge < -0.3 is 10.2 Å². The zero-order chi connectivity index (χ0) is 30.4. The van der Waals surface area contributed by atoms with Gasteiger partial charge in [-0.05, 0) is 42.3 Å². The van der Waals surface area contributed by atoms with Crippen molar-refractivity contribution in [2.24, 2.45) is 0 Å². The van der Waals surface area contributed by atoms with Crippen LogP contribution in [0.3, 0.4) is 0 Å². The molecule has 5 rings (SSSR count). The second kappa shape index (κ2) is 13.4. The van der Waals surface area contributed by atoms with Crippen LogP contribution in [-0.4, -0.2) is 50.0 Å². The third-order valence-electron chi connectivity index (χ3n) is 8.12. The number of carbonyl (C=O) groups excluding carboxylic acids is 2. The normalized spacial score (nSPS) is 14.4. The highest BCUT2D eigenvalue weighted by Crippen LogP contribution is 2.29. The van der Waals surface area contributed by atoms with E-state index in [0.717, 1.165) is 63.7 Å². The summed E-state index contributed by atoms with van der Waals surface area (Å²) in [6.45, 7) is 1.72. The molecule has 0 spiro atoms. The average molecular weight is 598 g/mol. The van der Waals surface area contributed by atoms with Crippen molar-refractivity contribution in [1.82, 2.24) is 10.2 Å². The molecule has 0 aliphatic heterocycles. The first-order valence-corrected chi connectivity index (χ1v) is 16.7. The smallest absolute Gasteiger partial charge is 0.244 e. The van der Waals surface area contributed by atoms with Crippen molar-refractivity contribution in [3.05, 3.63) is 114 Å². The molecule has 7 nitrogen and oxygen atoms in total. The van der Waals surface area contributed by atoms with E-state index < -0.39 is 28.5 Å². The maximum Gasteiger partial charge on any atom is 0.244 e. The van der Waals surface area contributed by atoms with Crippen LogP contribution < -0.4 is 9.62 Å². The van der Waals surface area contributed by atoms with Gasteiger partial charge >= 0.3 is 0 Å². The number of nitrogens with one attached hydrogen (secondary N) is 1. The van der Waals surface area contributed by atoms with E-state index in [1.165, 1.54) is 0 Å². The van der Waals surface area contributed by atoms with Crippen molar-refractivity contribution >= 4 is 38.3 Å². The number of rotatable bonds is 11. The van der Waals surface area contributed by atoms with Gasteiger partial charge in [-0.25, -0.2) is 8.42 Å². The van der Waals surface area contributed by atoms with Crippen LogP contribution in [0.5, 0.6) is 0 Å². The third kappa shape index (κ3) is 7.62. The molecule has 1 saturated carbocycles. The van der Waals surface area contributed by atoms with Crippen molar-refractivity contribution in [2.45, 2.75) is 57.7 Å². The minimum atomic E-state index is -3.86. The number of hydrogen-bond acceptors (Lipinski definition) is 4. The van der Waals surface area contributed by atoms with E-state index in [-0.39, 0.29) is 18.5 Å². The number of sulfonamides is 1. The zero-order valence-electron chi connectivity index (χ0n) is 24.8. The summed E-state index contributed by atoms with van der Waals surface area (Å²) < 4.78 is 27.6. The number of amides is 2. The molecule has 1 atom stereocenters. The lowest BCUT2D eigenvalue weighted by molar-refractivity contribution is -0.140. The van der Waals surface area contributed by atoms with Crippen LogP contribution in [0.25, 0.3) is 10.8 Å². The summed E-state index contributed by atoms with van der Waals surface area (Å²) in [5.74, 6) is -0.657. The second-order valence-corrected chi connectivity index (χ2v) is 13.4. The molecular formula is C35H39N3O4S. The van der Waals surface area contributed by atoms with Gasteiger partial charge in [0.2, 0.25) is 21.8 Å². The molecular weight excluding hydrogens is 558 g/mol. The van der Waals surface area contributed by atoms with Gasteiger partial charge in [0.05, 0.1) is 11.9 Å². The van der Waals surface area contributed by atoms with E-state index >= 15 is 0 Å². The van der Waals surface area contributed by atoms with Crippen molar-refractivity contribution in [3.8, 4) is 0 Å². The quantitative estimate of drug-likeness (QED) is 0.243. The lowest BCUT2D eigenvalue weighted by atomic mass is 10.0. The second-order valence-electron chi connectivity index (χ2n) is 11.5. The minimum absolute atomic E-state index is 0.0740. The summed E-state index contributed by atoms with van der Waals surface area (Å²) >= 11 is 0. The van der Waals surface area contributed by atoms with Crippen LogP contribution in [0, 0.1) is 6.92 Å². The highest BCUT2D eigenvalue weighted by Gasteiger charge is 2.34. The fourth-order valence-corrected chi connectivity index (χ4v) is 6.81. The molecule has 4 aromatic rings. The molecule has 0 aromatic heterocycles. The van der Waals surface area contributed by atoms with Crippen LogP contribution in [0.15, 0.2) is 97.1 Å². The van der Waals surface area contributed by atoms with Crippen LogP contribution in [0.2, 0.25) is 0 Å². The Morgan fingerprint density at radius 2 is 1.51 bits per heavy atom. The van der Waals surface area contributed by atoms with E-state index in [1.54, 1.807) is 17.0 Å². The Morgan fingerprint density at radius 1 is 0.860 bits per heavy atom. The summed E-state index contributed by atoms with van der Waals surface area (Å²) in [4.78, 5) is 30.0. The summed E-state index contributed by atoms with van der Waals surface area (Å²) in [5, 5.41) is 4.81. The summed E-state index contributed by atoms with van der Waals surface area (Å²) in [7, 11) is -3.86. The maximum atomic E-state index is 14.4. The van der Waals surface area contributed by atoms with Gasteiger partial charge in [0.25, 0.3) is 0 Å². The fraction of sp³-hybridized carbons (Fsp3) is 0.314. The first kappa shape index (κ1) is 30.3. The molecule has 8 heteroatoms. The van der Waals surface area contributed by atoms with Crippen LogP contribution in [0.4, 0.5) is 5.69 Å². The number of fused-ring (bicyclic) bond motifs is 1.